The molecule has 3 nitrogen and oxygen atoms in total. The topological polar surface area (TPSA) is 34.9 Å². The molecule has 136 valence electrons. The van der Waals surface area contributed by atoms with Gasteiger partial charge in [0.05, 0.1) is 0 Å². The molecule has 26 heavy (non-hydrogen) atoms. The van der Waals surface area contributed by atoms with Crippen LogP contribution in [0.1, 0.15) is 45.4 Å². The fourth-order valence-corrected chi connectivity index (χ4v) is 3.43. The summed E-state index contributed by atoms with van der Waals surface area (Å²) in [7, 11) is 0. The molecule has 0 saturated heterocycles. The molecule has 0 amide bonds. The van der Waals surface area contributed by atoms with Crippen LogP contribution in [0.25, 0.3) is 22.2 Å². The second-order valence-electron chi connectivity index (χ2n) is 6.71. The molecule has 0 aliphatic rings. The monoisotopic (exact) mass is 368 g/mol. The average Bonchev–Trinajstić information content (AvgIpc) is 2.66. The van der Waals surface area contributed by atoms with Crippen molar-refractivity contribution >= 4 is 22.6 Å². The maximum atomic E-state index is 13.1. The number of hydrogen-bond acceptors (Lipinski definition) is 2. The van der Waals surface area contributed by atoms with E-state index in [1.165, 1.54) is 25.7 Å². The molecule has 3 rings (SSSR count). The Hall–Kier alpha value is -2.13. The van der Waals surface area contributed by atoms with Crippen LogP contribution in [-0.2, 0) is 6.54 Å². The van der Waals surface area contributed by atoms with E-state index in [1.54, 1.807) is 6.20 Å². The van der Waals surface area contributed by atoms with Gasteiger partial charge in [-0.25, -0.2) is 4.98 Å². The van der Waals surface area contributed by atoms with Gasteiger partial charge in [-0.1, -0.05) is 62.8 Å². The molecule has 4 heteroatoms. The lowest BCUT2D eigenvalue weighted by atomic mass is 10.1. The van der Waals surface area contributed by atoms with Crippen molar-refractivity contribution in [3.8, 4) is 11.1 Å². The largest absolute Gasteiger partial charge is 0.292 e. The molecule has 2 aromatic heterocycles. The van der Waals surface area contributed by atoms with Gasteiger partial charge in [0.2, 0.25) is 0 Å². The van der Waals surface area contributed by atoms with Crippen LogP contribution in [0.5, 0.6) is 0 Å². The quantitative estimate of drug-likeness (QED) is 0.452. The smallest absolute Gasteiger partial charge is 0.260 e. The van der Waals surface area contributed by atoms with Crippen LogP contribution < -0.4 is 5.56 Å². The van der Waals surface area contributed by atoms with Crippen molar-refractivity contribution in [2.24, 2.45) is 0 Å². The SMILES string of the molecule is CCCCCCCCn1c(=O)c(-c2ccc(Cl)cc2)cc2cccnc21. The Morgan fingerprint density at radius 1 is 1.00 bits per heavy atom. The van der Waals surface area contributed by atoms with Gasteiger partial charge in [-0.2, -0.15) is 0 Å². The molecule has 0 radical (unpaired) electrons. The lowest BCUT2D eigenvalue weighted by Crippen LogP contribution is -2.23. The van der Waals surface area contributed by atoms with Crippen LogP contribution in [0.2, 0.25) is 5.02 Å². The van der Waals surface area contributed by atoms with E-state index < -0.39 is 0 Å². The summed E-state index contributed by atoms with van der Waals surface area (Å²) in [5.74, 6) is 0. The average molecular weight is 369 g/mol. The Morgan fingerprint density at radius 2 is 1.73 bits per heavy atom. The first kappa shape index (κ1) is 18.7. The summed E-state index contributed by atoms with van der Waals surface area (Å²) in [6.45, 7) is 2.93. The fourth-order valence-electron chi connectivity index (χ4n) is 3.30. The molecule has 0 aliphatic carbocycles. The molecule has 0 bridgehead atoms. The third-order valence-electron chi connectivity index (χ3n) is 4.74. The Balaban J connectivity index is 1.91. The number of aromatic nitrogens is 2. The van der Waals surface area contributed by atoms with E-state index in [0.717, 1.165) is 29.4 Å². The van der Waals surface area contributed by atoms with Crippen LogP contribution in [0, 0.1) is 0 Å². The van der Waals surface area contributed by atoms with Crippen LogP contribution in [0.15, 0.2) is 53.5 Å². The molecule has 0 saturated carbocycles. The van der Waals surface area contributed by atoms with E-state index in [-0.39, 0.29) is 5.56 Å². The predicted molar refractivity (Wildman–Crippen MR) is 110 cm³/mol. The van der Waals surface area contributed by atoms with E-state index >= 15 is 0 Å². The van der Waals surface area contributed by atoms with Crippen molar-refractivity contribution in [2.45, 2.75) is 52.0 Å². The van der Waals surface area contributed by atoms with Crippen molar-refractivity contribution in [1.29, 1.82) is 0 Å². The van der Waals surface area contributed by atoms with Crippen molar-refractivity contribution in [3.05, 3.63) is 64.0 Å². The zero-order chi connectivity index (χ0) is 18.4. The minimum atomic E-state index is 0.0204. The van der Waals surface area contributed by atoms with Gasteiger partial charge < -0.3 is 0 Å². The maximum absolute atomic E-state index is 13.1. The number of aryl methyl sites for hydroxylation is 1. The molecule has 0 fully saturated rings. The molecule has 2 heterocycles. The van der Waals surface area contributed by atoms with Gasteiger partial charge in [-0.15, -0.1) is 0 Å². The summed E-state index contributed by atoms with van der Waals surface area (Å²) in [4.78, 5) is 17.6. The van der Waals surface area contributed by atoms with E-state index in [0.29, 0.717) is 17.1 Å². The number of unbranched alkanes of at least 4 members (excludes halogenated alkanes) is 5. The molecular weight excluding hydrogens is 344 g/mol. The van der Waals surface area contributed by atoms with Gasteiger partial charge in [0.1, 0.15) is 5.65 Å². The minimum absolute atomic E-state index is 0.0204. The number of pyridine rings is 2. The summed E-state index contributed by atoms with van der Waals surface area (Å²) in [5, 5.41) is 1.66. The minimum Gasteiger partial charge on any atom is -0.292 e. The number of halogens is 1. The highest BCUT2D eigenvalue weighted by Gasteiger charge is 2.11. The molecule has 1 aromatic carbocycles. The Kier molecular flexibility index (Phi) is 6.45. The van der Waals surface area contributed by atoms with Crippen LogP contribution in [-0.4, -0.2) is 9.55 Å². The summed E-state index contributed by atoms with van der Waals surface area (Å²) in [5.41, 5.74) is 2.38. The highest BCUT2D eigenvalue weighted by Crippen LogP contribution is 2.22. The van der Waals surface area contributed by atoms with E-state index in [1.807, 2.05) is 47.0 Å². The molecule has 0 N–H and O–H groups in total. The molecule has 0 aliphatic heterocycles. The van der Waals surface area contributed by atoms with Crippen LogP contribution in [0.3, 0.4) is 0 Å². The molecule has 0 spiro atoms. The molecule has 3 aromatic rings. The van der Waals surface area contributed by atoms with Gasteiger partial charge in [-0.3, -0.25) is 9.36 Å². The lowest BCUT2D eigenvalue weighted by Gasteiger charge is -2.12. The Morgan fingerprint density at radius 3 is 2.50 bits per heavy atom. The van der Waals surface area contributed by atoms with Crippen molar-refractivity contribution in [3.63, 3.8) is 0 Å². The van der Waals surface area contributed by atoms with E-state index in [9.17, 15) is 4.79 Å². The summed E-state index contributed by atoms with van der Waals surface area (Å²) in [6.07, 6.45) is 8.93. The zero-order valence-corrected chi connectivity index (χ0v) is 16.0. The second kappa shape index (κ2) is 9.00. The van der Waals surface area contributed by atoms with Gasteiger partial charge >= 0.3 is 0 Å². The standard InChI is InChI=1S/C22H25ClN2O/c1-2-3-4-5-6-7-15-25-21-18(9-8-14-24-21)16-20(22(25)26)17-10-12-19(23)13-11-17/h8-14,16H,2-7,15H2,1H3. The molecule has 0 unspecified atom stereocenters. The fraction of sp³-hybridized carbons (Fsp3) is 0.364. The number of nitrogens with zero attached hydrogens (tertiary/aromatic N) is 2. The molecular formula is C22H25ClN2O. The van der Waals surface area contributed by atoms with Gasteiger partial charge in [0.15, 0.2) is 0 Å². The summed E-state index contributed by atoms with van der Waals surface area (Å²) >= 11 is 5.99. The highest BCUT2D eigenvalue weighted by atomic mass is 35.5. The summed E-state index contributed by atoms with van der Waals surface area (Å²) < 4.78 is 1.83. The third-order valence-corrected chi connectivity index (χ3v) is 4.99. The predicted octanol–water partition coefficient (Wildman–Crippen LogP) is 6.08. The first-order valence-corrected chi connectivity index (χ1v) is 9.83. The van der Waals surface area contributed by atoms with Crippen molar-refractivity contribution in [2.75, 3.05) is 0 Å². The van der Waals surface area contributed by atoms with Gasteiger partial charge in [0.25, 0.3) is 5.56 Å². The lowest BCUT2D eigenvalue weighted by molar-refractivity contribution is 0.557. The van der Waals surface area contributed by atoms with Crippen LogP contribution in [0.4, 0.5) is 0 Å². The normalized spacial score (nSPS) is 11.2. The van der Waals surface area contributed by atoms with Crippen molar-refractivity contribution < 1.29 is 0 Å². The van der Waals surface area contributed by atoms with Gasteiger partial charge in [0, 0.05) is 28.7 Å². The highest BCUT2D eigenvalue weighted by molar-refractivity contribution is 6.30. The number of fused-ring (bicyclic) bond motifs is 1. The number of benzene rings is 1. The third kappa shape index (κ3) is 4.34. The Bertz CT molecular complexity index is 916. The first-order valence-electron chi connectivity index (χ1n) is 9.45. The zero-order valence-electron chi connectivity index (χ0n) is 15.2. The summed E-state index contributed by atoms with van der Waals surface area (Å²) in [6, 6.07) is 13.3. The second-order valence-corrected chi connectivity index (χ2v) is 7.14. The van der Waals surface area contributed by atoms with E-state index in [4.69, 9.17) is 11.6 Å². The van der Waals surface area contributed by atoms with Crippen molar-refractivity contribution in [1.82, 2.24) is 9.55 Å². The first-order chi connectivity index (χ1) is 12.7. The molecule has 0 atom stereocenters. The Labute approximate surface area is 159 Å². The van der Waals surface area contributed by atoms with E-state index in [2.05, 4.69) is 11.9 Å². The number of rotatable bonds is 8. The number of hydrogen-bond donors (Lipinski definition) is 0. The van der Waals surface area contributed by atoms with Gasteiger partial charge in [-0.05, 0) is 42.3 Å². The maximum Gasteiger partial charge on any atom is 0.260 e. The van der Waals surface area contributed by atoms with Crippen LogP contribution >= 0.6 is 11.6 Å².